The number of aromatic amines is 1. The summed E-state index contributed by atoms with van der Waals surface area (Å²) in [4.78, 5) is 38.9. The van der Waals surface area contributed by atoms with Crippen molar-refractivity contribution in [1.29, 1.82) is 5.26 Å². The molecule has 7 unspecified atom stereocenters. The Labute approximate surface area is 360 Å². The topological polar surface area (TPSA) is 131 Å². The SMILES string of the molecule is CC.CCC1(SC#N)CC(C)C[C@](C(=O)OC)(c2cc3c(cc2OC)N(C)C2C(O)C(OC(C)=O)[C@]4(CC)C=CCN5CCC32C54)c2[nH]c3ccccc3c2CCN(C)C1. The number of ether oxygens (including phenoxy) is 3. The number of nitrogens with one attached hydrogen (secondary N) is 1. The molecule has 1 aromatic heterocycles. The molecule has 60 heavy (non-hydrogen) atoms. The molecule has 1 spiro atoms. The van der Waals surface area contributed by atoms with Gasteiger partial charge in [-0.15, -0.1) is 0 Å². The highest BCUT2D eigenvalue weighted by Gasteiger charge is 2.73. The Morgan fingerprint density at radius 1 is 1.07 bits per heavy atom. The first-order valence-electron chi connectivity index (χ1n) is 22.0. The van der Waals surface area contributed by atoms with Crippen LogP contribution in [0.3, 0.4) is 0 Å². The molecule has 0 amide bonds. The normalized spacial score (nSPS) is 33.6. The number of methoxy groups -OCH3 is 2. The van der Waals surface area contributed by atoms with Gasteiger partial charge in [0.2, 0.25) is 0 Å². The summed E-state index contributed by atoms with van der Waals surface area (Å²) in [6.07, 6.45) is 6.73. The summed E-state index contributed by atoms with van der Waals surface area (Å²) in [6, 6.07) is 12.1. The van der Waals surface area contributed by atoms with E-state index in [4.69, 9.17) is 14.2 Å². The Kier molecular flexibility index (Phi) is 12.3. The molecule has 0 bridgehead atoms. The van der Waals surface area contributed by atoms with Crippen molar-refractivity contribution in [3.63, 3.8) is 0 Å². The third kappa shape index (κ3) is 6.39. The van der Waals surface area contributed by atoms with E-state index in [1.165, 1.54) is 25.8 Å². The fourth-order valence-corrected chi connectivity index (χ4v) is 13.9. The van der Waals surface area contributed by atoms with Crippen LogP contribution < -0.4 is 9.64 Å². The van der Waals surface area contributed by atoms with Gasteiger partial charge in [-0.1, -0.05) is 65.0 Å². The number of likely N-dealkylation sites (N-methyl/N-ethyl adjacent to an activating group) is 2. The molecule has 3 aromatic rings. The van der Waals surface area contributed by atoms with E-state index in [0.717, 1.165) is 78.0 Å². The van der Waals surface area contributed by atoms with E-state index in [1.807, 2.05) is 33.0 Å². The first-order chi connectivity index (χ1) is 28.8. The first kappa shape index (κ1) is 44.0. The van der Waals surface area contributed by atoms with E-state index in [0.29, 0.717) is 31.4 Å². The quantitative estimate of drug-likeness (QED) is 0.141. The van der Waals surface area contributed by atoms with Crippen molar-refractivity contribution in [3.05, 3.63) is 70.9 Å². The molecule has 4 aliphatic heterocycles. The lowest BCUT2D eigenvalue weighted by Crippen LogP contribution is -2.74. The second-order valence-electron chi connectivity index (χ2n) is 17.9. The first-order valence-corrected chi connectivity index (χ1v) is 22.8. The molecule has 1 aliphatic carbocycles. The van der Waals surface area contributed by atoms with Gasteiger partial charge in [0.1, 0.15) is 28.8 Å². The third-order valence-corrected chi connectivity index (χ3v) is 16.1. The van der Waals surface area contributed by atoms with Crippen molar-refractivity contribution < 1.29 is 28.9 Å². The largest absolute Gasteiger partial charge is 0.496 e. The van der Waals surface area contributed by atoms with Gasteiger partial charge in [0.05, 0.1) is 20.3 Å². The molecule has 5 aliphatic rings. The van der Waals surface area contributed by atoms with E-state index in [9.17, 15) is 15.2 Å². The van der Waals surface area contributed by atoms with Crippen LogP contribution in [0.15, 0.2) is 48.6 Å². The smallest absolute Gasteiger partial charge is 0.322 e. The Morgan fingerprint density at radius 3 is 2.48 bits per heavy atom. The summed E-state index contributed by atoms with van der Waals surface area (Å²) in [7, 11) is 7.30. The summed E-state index contributed by atoms with van der Waals surface area (Å²) >= 11 is 1.36. The molecular formula is C48H65N5O6S. The Balaban J connectivity index is 0.00000268. The highest BCUT2D eigenvalue weighted by atomic mass is 32.2. The predicted molar refractivity (Wildman–Crippen MR) is 239 cm³/mol. The van der Waals surface area contributed by atoms with Crippen molar-refractivity contribution in [2.45, 2.75) is 120 Å². The zero-order valence-corrected chi connectivity index (χ0v) is 38.1. The lowest BCUT2D eigenvalue weighted by molar-refractivity contribution is -0.184. The number of para-hydroxylation sites is 1. The van der Waals surface area contributed by atoms with Crippen molar-refractivity contribution >= 4 is 40.3 Å². The minimum absolute atomic E-state index is 0.0311. The number of hydrogen-bond donors (Lipinski definition) is 2. The third-order valence-electron chi connectivity index (χ3n) is 15.0. The molecule has 9 atom stereocenters. The maximum absolute atomic E-state index is 15.4. The minimum atomic E-state index is -1.34. The second kappa shape index (κ2) is 16.7. The van der Waals surface area contributed by atoms with E-state index < -0.39 is 40.5 Å². The van der Waals surface area contributed by atoms with Gasteiger partial charge < -0.3 is 34.1 Å². The standard InChI is InChI=1S/C46H59N5O6S.C2H6/c1-9-43(58-27-47)24-28(3)25-46(42(54)56-8,38-31(16-20-49(5)26-43)30-14-11-12-15-34(30)48-38)33-22-32-35(23-36(33)55-7)50(6)39-37(53)40(57-29(4)52)44(10-2)17-13-19-51-21-18-45(32,39)41(44)51;1-2/h11-15,17,22-23,28,37,39-41,48,53H,9-10,16,18-21,24-26H2,1-8H3;1-2H3/t28?,37?,39?,40?,41?,43?,44-,45?,46-;/m0./s1. The number of carbonyl (C=O) groups excluding carboxylic acids is 2. The van der Waals surface area contributed by atoms with Crippen molar-refractivity contribution in [2.24, 2.45) is 11.3 Å². The van der Waals surface area contributed by atoms with E-state index >= 15 is 4.79 Å². The van der Waals surface area contributed by atoms with Crippen molar-refractivity contribution in [1.82, 2.24) is 14.8 Å². The van der Waals surface area contributed by atoms with Gasteiger partial charge in [-0.25, -0.2) is 0 Å². The number of fused-ring (bicyclic) bond motifs is 4. The van der Waals surface area contributed by atoms with Gasteiger partial charge in [-0.05, 0) is 93.1 Å². The van der Waals surface area contributed by atoms with Crippen LogP contribution in [-0.2, 0) is 36.3 Å². The fraction of sp³-hybridized carbons (Fsp3) is 0.604. The number of esters is 2. The van der Waals surface area contributed by atoms with Crippen LogP contribution in [0.2, 0.25) is 0 Å². The summed E-state index contributed by atoms with van der Waals surface area (Å²) in [5, 5.41) is 26.3. The van der Waals surface area contributed by atoms with E-state index in [2.05, 4.69) is 89.3 Å². The number of nitriles is 1. The highest BCUT2D eigenvalue weighted by Crippen LogP contribution is 2.66. The van der Waals surface area contributed by atoms with Crippen LogP contribution in [0.25, 0.3) is 10.9 Å². The lowest BCUT2D eigenvalue weighted by atomic mass is 9.51. The predicted octanol–water partition coefficient (Wildman–Crippen LogP) is 7.33. The molecule has 2 aromatic carbocycles. The number of aliphatic hydroxyl groups excluding tert-OH is 1. The van der Waals surface area contributed by atoms with E-state index in [-0.39, 0.29) is 22.7 Å². The van der Waals surface area contributed by atoms with E-state index in [1.54, 1.807) is 7.11 Å². The van der Waals surface area contributed by atoms with Gasteiger partial charge in [0.15, 0.2) is 0 Å². The number of carbonyl (C=O) groups is 2. The zero-order chi connectivity index (χ0) is 43.4. The molecule has 5 heterocycles. The maximum atomic E-state index is 15.4. The summed E-state index contributed by atoms with van der Waals surface area (Å²) in [5.74, 6) is -0.245. The second-order valence-corrected chi connectivity index (χ2v) is 19.1. The Hall–Kier alpha value is -4.02. The Morgan fingerprint density at radius 2 is 1.82 bits per heavy atom. The number of aliphatic hydroxyl groups is 1. The average Bonchev–Trinajstić information content (AvgIpc) is 3.90. The average molecular weight is 840 g/mol. The van der Waals surface area contributed by atoms with Gasteiger partial charge in [-0.2, -0.15) is 5.26 Å². The Bertz CT molecular complexity index is 2180. The number of hydrogen-bond acceptors (Lipinski definition) is 11. The number of nitrogens with zero attached hydrogens (tertiary/aromatic N) is 4. The molecule has 8 rings (SSSR count). The molecule has 324 valence electrons. The highest BCUT2D eigenvalue weighted by molar-refractivity contribution is 8.05. The number of aromatic nitrogens is 1. The lowest BCUT2D eigenvalue weighted by Gasteiger charge is -2.60. The van der Waals surface area contributed by atoms with Gasteiger partial charge in [-0.3, -0.25) is 14.5 Å². The maximum Gasteiger partial charge on any atom is 0.322 e. The molecule has 12 heteroatoms. The summed E-state index contributed by atoms with van der Waals surface area (Å²) < 4.78 is 18.2. The number of thiocyanates is 1. The monoisotopic (exact) mass is 839 g/mol. The van der Waals surface area contributed by atoms with Crippen molar-refractivity contribution in [2.75, 3.05) is 59.4 Å². The van der Waals surface area contributed by atoms with Crippen LogP contribution in [0, 0.1) is 22.0 Å². The fourth-order valence-electron chi connectivity index (χ4n) is 12.9. The molecule has 11 nitrogen and oxygen atoms in total. The molecular weight excluding hydrogens is 775 g/mol. The number of benzene rings is 2. The van der Waals surface area contributed by atoms with Crippen LogP contribution in [-0.4, -0.2) is 115 Å². The molecule has 2 fully saturated rings. The summed E-state index contributed by atoms with van der Waals surface area (Å²) in [6.45, 7) is 15.0. The zero-order valence-electron chi connectivity index (χ0n) is 37.3. The van der Waals surface area contributed by atoms with Gasteiger partial charge in [0.25, 0.3) is 0 Å². The minimum Gasteiger partial charge on any atom is -0.496 e. The summed E-state index contributed by atoms with van der Waals surface area (Å²) in [5.41, 5.74) is 3.03. The van der Waals surface area contributed by atoms with Crippen LogP contribution >= 0.6 is 11.8 Å². The van der Waals surface area contributed by atoms with Crippen LogP contribution in [0.1, 0.15) is 96.0 Å². The number of rotatable bonds is 7. The van der Waals surface area contributed by atoms with Crippen LogP contribution in [0.4, 0.5) is 5.69 Å². The van der Waals surface area contributed by atoms with Crippen molar-refractivity contribution in [3.8, 4) is 11.2 Å². The number of H-pyrrole nitrogens is 1. The van der Waals surface area contributed by atoms with Crippen LogP contribution in [0.5, 0.6) is 5.75 Å². The van der Waals surface area contributed by atoms with Gasteiger partial charge >= 0.3 is 11.9 Å². The molecule has 2 N–H and O–H groups in total. The number of anilines is 1. The molecule has 1 saturated heterocycles. The van der Waals surface area contributed by atoms with Gasteiger partial charge in [0, 0.05) is 89.1 Å². The number of thioether (sulfide) groups is 1. The molecule has 0 radical (unpaired) electrons. The molecule has 1 saturated carbocycles.